The Morgan fingerprint density at radius 1 is 0.939 bits per heavy atom. The van der Waals surface area contributed by atoms with Gasteiger partial charge in [0.15, 0.2) is 6.10 Å². The number of nitrogens with one attached hydrogen (secondary N) is 2. The molecule has 0 aliphatic rings. The third-order valence-electron chi connectivity index (χ3n) is 4.44. The van der Waals surface area contributed by atoms with E-state index in [1.807, 2.05) is 24.3 Å². The van der Waals surface area contributed by atoms with E-state index in [1.54, 1.807) is 18.2 Å². The zero-order valence-corrected chi connectivity index (χ0v) is 17.3. The maximum Gasteiger partial charge on any atom is 0.573 e. The molecule has 10 heteroatoms. The quantitative estimate of drug-likeness (QED) is 0.519. The van der Waals surface area contributed by atoms with Gasteiger partial charge in [0.05, 0.1) is 0 Å². The number of alkyl halides is 3. The number of ether oxygens (including phenoxy) is 2. The molecule has 3 rings (SSSR count). The molecule has 0 fully saturated rings. The van der Waals surface area contributed by atoms with Crippen LogP contribution in [0.5, 0.6) is 5.75 Å². The average Bonchev–Trinajstić information content (AvgIpc) is 2.77. The number of anilines is 1. The van der Waals surface area contributed by atoms with Crippen LogP contribution >= 0.6 is 0 Å². The molecule has 0 spiro atoms. The van der Waals surface area contributed by atoms with Crippen LogP contribution in [0, 0.1) is 0 Å². The van der Waals surface area contributed by atoms with Gasteiger partial charge in [-0.25, -0.2) is 0 Å². The predicted molar refractivity (Wildman–Crippen MR) is 114 cm³/mol. The van der Waals surface area contributed by atoms with Crippen LogP contribution in [0.4, 0.5) is 18.9 Å². The summed E-state index contributed by atoms with van der Waals surface area (Å²) in [5, 5.41) is 6.68. The Balaban J connectivity index is 1.47. The van der Waals surface area contributed by atoms with Gasteiger partial charge >= 0.3 is 12.3 Å². The fourth-order valence-electron chi connectivity index (χ4n) is 2.86. The van der Waals surface area contributed by atoms with E-state index in [9.17, 15) is 27.6 Å². The van der Waals surface area contributed by atoms with Crippen molar-refractivity contribution in [2.45, 2.75) is 19.4 Å². The van der Waals surface area contributed by atoms with Crippen LogP contribution in [-0.4, -0.2) is 36.8 Å². The van der Waals surface area contributed by atoms with Crippen LogP contribution in [0.3, 0.4) is 0 Å². The molecular weight excluding hydrogens is 441 g/mol. The van der Waals surface area contributed by atoms with Gasteiger partial charge in [-0.05, 0) is 54.1 Å². The summed E-state index contributed by atoms with van der Waals surface area (Å²) in [6.45, 7) is 0.867. The molecule has 2 N–H and O–H groups in total. The van der Waals surface area contributed by atoms with Gasteiger partial charge in [-0.3, -0.25) is 14.4 Å². The predicted octanol–water partition coefficient (Wildman–Crippen LogP) is 4.04. The number of hydrogen-bond acceptors (Lipinski definition) is 5. The first-order valence-corrected chi connectivity index (χ1v) is 9.74. The molecule has 0 saturated carbocycles. The van der Waals surface area contributed by atoms with Crippen molar-refractivity contribution in [2.75, 3.05) is 11.9 Å². The highest BCUT2D eigenvalue weighted by molar-refractivity contribution is 6.00. The Bertz CT molecular complexity index is 1160. The molecule has 2 amide bonds. The van der Waals surface area contributed by atoms with Gasteiger partial charge in [0.1, 0.15) is 12.3 Å². The molecule has 0 heterocycles. The number of halogens is 3. The summed E-state index contributed by atoms with van der Waals surface area (Å²) in [5.41, 5.74) is 0.548. The van der Waals surface area contributed by atoms with Crippen LogP contribution in [0.25, 0.3) is 10.8 Å². The summed E-state index contributed by atoms with van der Waals surface area (Å²) in [6.07, 6.45) is -6.03. The molecule has 0 bridgehead atoms. The third-order valence-corrected chi connectivity index (χ3v) is 4.44. The minimum Gasteiger partial charge on any atom is -0.451 e. The highest BCUT2D eigenvalue weighted by atomic mass is 19.4. The number of hydrogen-bond donors (Lipinski definition) is 2. The molecule has 7 nitrogen and oxygen atoms in total. The molecule has 0 aliphatic carbocycles. The van der Waals surface area contributed by atoms with Crippen LogP contribution in [0.15, 0.2) is 66.7 Å². The maximum atomic E-state index is 12.3. The van der Waals surface area contributed by atoms with Gasteiger partial charge < -0.3 is 20.1 Å². The van der Waals surface area contributed by atoms with E-state index in [0.717, 1.165) is 22.9 Å². The van der Waals surface area contributed by atoms with E-state index in [0.29, 0.717) is 5.56 Å². The van der Waals surface area contributed by atoms with Crippen molar-refractivity contribution >= 4 is 34.2 Å². The smallest absolute Gasteiger partial charge is 0.451 e. The fourth-order valence-corrected chi connectivity index (χ4v) is 2.86. The summed E-state index contributed by atoms with van der Waals surface area (Å²) in [4.78, 5) is 36.4. The first kappa shape index (κ1) is 23.6. The Morgan fingerprint density at radius 3 is 2.27 bits per heavy atom. The molecule has 0 radical (unpaired) electrons. The summed E-state index contributed by atoms with van der Waals surface area (Å²) in [7, 11) is 0. The van der Waals surface area contributed by atoms with Crippen molar-refractivity contribution in [1.29, 1.82) is 0 Å². The first-order chi connectivity index (χ1) is 15.6. The number of esters is 1. The molecule has 3 aromatic rings. The minimum absolute atomic E-state index is 0.182. The van der Waals surface area contributed by atoms with Gasteiger partial charge in [0.2, 0.25) is 0 Å². The Hall–Kier alpha value is -4.08. The van der Waals surface area contributed by atoms with E-state index in [2.05, 4.69) is 15.4 Å². The van der Waals surface area contributed by atoms with Gasteiger partial charge in [-0.2, -0.15) is 0 Å². The lowest BCUT2D eigenvalue weighted by molar-refractivity contribution is -0.274. The Morgan fingerprint density at radius 2 is 1.61 bits per heavy atom. The van der Waals surface area contributed by atoms with Crippen molar-refractivity contribution in [2.24, 2.45) is 0 Å². The van der Waals surface area contributed by atoms with Crippen molar-refractivity contribution in [3.63, 3.8) is 0 Å². The third kappa shape index (κ3) is 6.96. The molecule has 172 valence electrons. The number of carbonyl (C=O) groups excluding carboxylic acids is 3. The molecule has 0 aromatic heterocycles. The van der Waals surface area contributed by atoms with E-state index in [1.165, 1.54) is 19.1 Å². The average molecular weight is 460 g/mol. The standard InChI is InChI=1S/C23H19F3N2O5/c1-14(21(30)28-18-8-10-19(11-9-18)33-23(24,25)26)32-20(29)13-27-22(31)17-7-6-15-4-2-3-5-16(15)12-17/h2-12,14H,13H2,1H3,(H,27,31)(H,28,30). The lowest BCUT2D eigenvalue weighted by Crippen LogP contribution is -2.35. The van der Waals surface area contributed by atoms with Crippen LogP contribution < -0.4 is 15.4 Å². The van der Waals surface area contributed by atoms with E-state index in [-0.39, 0.29) is 5.69 Å². The van der Waals surface area contributed by atoms with E-state index < -0.39 is 42.5 Å². The maximum absolute atomic E-state index is 12.3. The second kappa shape index (κ2) is 10.0. The van der Waals surface area contributed by atoms with Gasteiger partial charge in [0.25, 0.3) is 11.8 Å². The molecule has 1 atom stereocenters. The van der Waals surface area contributed by atoms with Crippen LogP contribution in [-0.2, 0) is 14.3 Å². The number of benzene rings is 3. The number of rotatable bonds is 7. The Labute approximate surface area is 186 Å². The van der Waals surface area contributed by atoms with Crippen molar-refractivity contribution in [3.05, 3.63) is 72.3 Å². The van der Waals surface area contributed by atoms with Crippen molar-refractivity contribution in [1.82, 2.24) is 5.32 Å². The van der Waals surface area contributed by atoms with Gasteiger partial charge in [0, 0.05) is 11.3 Å². The summed E-state index contributed by atoms with van der Waals surface area (Å²) >= 11 is 0. The monoisotopic (exact) mass is 460 g/mol. The first-order valence-electron chi connectivity index (χ1n) is 9.74. The summed E-state index contributed by atoms with van der Waals surface area (Å²) in [6, 6.07) is 17.1. The molecule has 0 saturated heterocycles. The largest absolute Gasteiger partial charge is 0.573 e. The Kier molecular flexibility index (Phi) is 7.17. The SMILES string of the molecule is CC(OC(=O)CNC(=O)c1ccc2ccccc2c1)C(=O)Nc1ccc(OC(F)(F)F)cc1. The second-order valence-corrected chi connectivity index (χ2v) is 6.94. The highest BCUT2D eigenvalue weighted by Crippen LogP contribution is 2.24. The summed E-state index contributed by atoms with van der Waals surface area (Å²) in [5.74, 6) is -2.45. The second-order valence-electron chi connectivity index (χ2n) is 6.94. The number of carbonyl (C=O) groups is 3. The zero-order chi connectivity index (χ0) is 24.0. The lowest BCUT2D eigenvalue weighted by atomic mass is 10.1. The fraction of sp³-hybridized carbons (Fsp3) is 0.174. The minimum atomic E-state index is -4.82. The molecule has 3 aromatic carbocycles. The van der Waals surface area contributed by atoms with Crippen LogP contribution in [0.2, 0.25) is 0 Å². The number of fused-ring (bicyclic) bond motifs is 1. The zero-order valence-electron chi connectivity index (χ0n) is 17.3. The van der Waals surface area contributed by atoms with Crippen molar-refractivity contribution < 1.29 is 37.0 Å². The summed E-state index contributed by atoms with van der Waals surface area (Å²) < 4.78 is 45.3. The lowest BCUT2D eigenvalue weighted by Gasteiger charge is -2.14. The van der Waals surface area contributed by atoms with Gasteiger partial charge in [-0.1, -0.05) is 30.3 Å². The van der Waals surface area contributed by atoms with E-state index >= 15 is 0 Å². The molecule has 33 heavy (non-hydrogen) atoms. The molecule has 1 unspecified atom stereocenters. The normalized spacial score (nSPS) is 12.0. The van der Waals surface area contributed by atoms with E-state index in [4.69, 9.17) is 4.74 Å². The van der Waals surface area contributed by atoms with Gasteiger partial charge in [-0.15, -0.1) is 13.2 Å². The highest BCUT2D eigenvalue weighted by Gasteiger charge is 2.31. The number of amides is 2. The molecule has 0 aliphatic heterocycles. The topological polar surface area (TPSA) is 93.7 Å². The van der Waals surface area contributed by atoms with Crippen molar-refractivity contribution in [3.8, 4) is 5.75 Å². The van der Waals surface area contributed by atoms with Crippen LogP contribution in [0.1, 0.15) is 17.3 Å². The molecular formula is C23H19F3N2O5.